The highest BCUT2D eigenvalue weighted by Gasteiger charge is 2.06. The van der Waals surface area contributed by atoms with Crippen LogP contribution < -0.4 is 5.73 Å². The van der Waals surface area contributed by atoms with Crippen molar-refractivity contribution in [2.75, 3.05) is 6.54 Å². The SMILES string of the molecule is NCCc1csc2c(F)cccc12. The van der Waals surface area contributed by atoms with E-state index in [1.165, 1.54) is 17.4 Å². The van der Waals surface area contributed by atoms with Crippen LogP contribution in [-0.2, 0) is 6.42 Å². The molecule has 0 spiro atoms. The zero-order valence-corrected chi connectivity index (χ0v) is 7.90. The number of benzene rings is 1. The molecule has 0 saturated carbocycles. The normalized spacial score (nSPS) is 10.9. The third-order valence-corrected chi connectivity index (χ3v) is 3.10. The summed E-state index contributed by atoms with van der Waals surface area (Å²) < 4.78 is 14.0. The average molecular weight is 195 g/mol. The molecule has 13 heavy (non-hydrogen) atoms. The molecule has 1 nitrogen and oxygen atoms in total. The smallest absolute Gasteiger partial charge is 0.140 e. The Morgan fingerprint density at radius 2 is 2.23 bits per heavy atom. The Balaban J connectivity index is 2.61. The maximum atomic E-state index is 13.2. The van der Waals surface area contributed by atoms with Gasteiger partial charge in [0, 0.05) is 0 Å². The van der Waals surface area contributed by atoms with Gasteiger partial charge in [-0.05, 0) is 35.4 Å². The Bertz CT molecular complexity index is 422. The molecule has 2 rings (SSSR count). The van der Waals surface area contributed by atoms with Crippen LogP contribution in [-0.4, -0.2) is 6.54 Å². The van der Waals surface area contributed by atoms with E-state index in [0.29, 0.717) is 6.54 Å². The first-order chi connectivity index (χ1) is 6.33. The Hall–Kier alpha value is -0.930. The van der Waals surface area contributed by atoms with Crippen molar-refractivity contribution in [3.05, 3.63) is 35.0 Å². The maximum Gasteiger partial charge on any atom is 0.140 e. The van der Waals surface area contributed by atoms with Gasteiger partial charge in [0.05, 0.1) is 4.70 Å². The fourth-order valence-electron chi connectivity index (χ4n) is 1.42. The Labute approximate surface area is 80.0 Å². The lowest BCUT2D eigenvalue weighted by atomic mass is 10.1. The number of rotatable bonds is 2. The minimum Gasteiger partial charge on any atom is -0.330 e. The number of hydrogen-bond donors (Lipinski definition) is 1. The Morgan fingerprint density at radius 1 is 1.38 bits per heavy atom. The number of hydrogen-bond acceptors (Lipinski definition) is 2. The minimum atomic E-state index is -0.134. The molecule has 68 valence electrons. The molecule has 0 fully saturated rings. The van der Waals surface area contributed by atoms with Crippen LogP contribution in [0.25, 0.3) is 10.1 Å². The zero-order valence-electron chi connectivity index (χ0n) is 7.09. The fraction of sp³-hybridized carbons (Fsp3) is 0.200. The van der Waals surface area contributed by atoms with Gasteiger partial charge in [-0.2, -0.15) is 0 Å². The van der Waals surface area contributed by atoms with Crippen LogP contribution in [0, 0.1) is 5.82 Å². The van der Waals surface area contributed by atoms with Crippen molar-refractivity contribution in [3.63, 3.8) is 0 Å². The van der Waals surface area contributed by atoms with Gasteiger partial charge in [0.25, 0.3) is 0 Å². The highest BCUT2D eigenvalue weighted by Crippen LogP contribution is 2.28. The van der Waals surface area contributed by atoms with E-state index in [2.05, 4.69) is 0 Å². The van der Waals surface area contributed by atoms with Gasteiger partial charge in [-0.25, -0.2) is 4.39 Å². The van der Waals surface area contributed by atoms with Gasteiger partial charge in [0.2, 0.25) is 0 Å². The van der Waals surface area contributed by atoms with Gasteiger partial charge in [-0.15, -0.1) is 11.3 Å². The molecule has 2 aromatic rings. The molecule has 3 heteroatoms. The summed E-state index contributed by atoms with van der Waals surface area (Å²) in [7, 11) is 0. The molecule has 0 aliphatic carbocycles. The van der Waals surface area contributed by atoms with Crippen LogP contribution in [0.4, 0.5) is 4.39 Å². The second kappa shape index (κ2) is 3.44. The number of thiophene rings is 1. The van der Waals surface area contributed by atoms with Crippen LogP contribution in [0.15, 0.2) is 23.6 Å². The Kier molecular flexibility index (Phi) is 2.29. The van der Waals surface area contributed by atoms with Crippen LogP contribution in [0.3, 0.4) is 0 Å². The van der Waals surface area contributed by atoms with Crippen LogP contribution >= 0.6 is 11.3 Å². The van der Waals surface area contributed by atoms with Crippen molar-refractivity contribution in [2.45, 2.75) is 6.42 Å². The van der Waals surface area contributed by atoms with Gasteiger partial charge < -0.3 is 5.73 Å². The molecule has 0 unspecified atom stereocenters. The molecule has 0 bridgehead atoms. The molecule has 1 aromatic carbocycles. The number of halogens is 1. The van der Waals surface area contributed by atoms with E-state index in [1.807, 2.05) is 11.4 Å². The summed E-state index contributed by atoms with van der Waals surface area (Å²) in [6.45, 7) is 0.613. The standard InChI is InChI=1S/C10H10FNS/c11-9-3-1-2-8-7(4-5-12)6-13-10(8)9/h1-3,6H,4-5,12H2. The summed E-state index contributed by atoms with van der Waals surface area (Å²) in [5, 5.41) is 3.00. The molecule has 0 atom stereocenters. The quantitative estimate of drug-likeness (QED) is 0.783. The molecule has 0 saturated heterocycles. The third kappa shape index (κ3) is 1.45. The number of fused-ring (bicyclic) bond motifs is 1. The van der Waals surface area contributed by atoms with Crippen LogP contribution in [0.2, 0.25) is 0 Å². The van der Waals surface area contributed by atoms with E-state index in [4.69, 9.17) is 5.73 Å². The van der Waals surface area contributed by atoms with Crippen LogP contribution in [0.1, 0.15) is 5.56 Å². The largest absolute Gasteiger partial charge is 0.330 e. The lowest BCUT2D eigenvalue weighted by molar-refractivity contribution is 0.641. The van der Waals surface area contributed by atoms with Crippen molar-refractivity contribution in [2.24, 2.45) is 5.73 Å². The van der Waals surface area contributed by atoms with E-state index in [1.54, 1.807) is 6.07 Å². The molecule has 0 amide bonds. The van der Waals surface area contributed by atoms with Gasteiger partial charge in [0.15, 0.2) is 0 Å². The molecular formula is C10H10FNS. The first-order valence-corrected chi connectivity index (χ1v) is 5.05. The summed E-state index contributed by atoms with van der Waals surface area (Å²) in [6, 6.07) is 5.18. The minimum absolute atomic E-state index is 0.134. The van der Waals surface area contributed by atoms with Gasteiger partial charge in [-0.3, -0.25) is 0 Å². The molecule has 0 aliphatic heterocycles. The highest BCUT2D eigenvalue weighted by molar-refractivity contribution is 7.17. The highest BCUT2D eigenvalue weighted by atomic mass is 32.1. The van der Waals surface area contributed by atoms with Crippen molar-refractivity contribution < 1.29 is 4.39 Å². The zero-order chi connectivity index (χ0) is 9.26. The van der Waals surface area contributed by atoms with Gasteiger partial charge in [0.1, 0.15) is 5.82 Å². The Morgan fingerprint density at radius 3 is 3.00 bits per heavy atom. The van der Waals surface area contributed by atoms with Crippen molar-refractivity contribution in [1.82, 2.24) is 0 Å². The van der Waals surface area contributed by atoms with E-state index >= 15 is 0 Å². The third-order valence-electron chi connectivity index (χ3n) is 2.05. The monoisotopic (exact) mass is 195 g/mol. The van der Waals surface area contributed by atoms with E-state index in [-0.39, 0.29) is 5.82 Å². The average Bonchev–Trinajstić information content (AvgIpc) is 2.51. The molecular weight excluding hydrogens is 185 g/mol. The van der Waals surface area contributed by atoms with Gasteiger partial charge in [-0.1, -0.05) is 12.1 Å². The maximum absolute atomic E-state index is 13.2. The van der Waals surface area contributed by atoms with Crippen LogP contribution in [0.5, 0.6) is 0 Å². The fourth-order valence-corrected chi connectivity index (χ4v) is 2.44. The molecule has 0 radical (unpaired) electrons. The summed E-state index contributed by atoms with van der Waals surface area (Å²) in [5.41, 5.74) is 6.61. The lowest BCUT2D eigenvalue weighted by Crippen LogP contribution is -2.01. The predicted molar refractivity (Wildman–Crippen MR) is 54.5 cm³/mol. The van der Waals surface area contributed by atoms with E-state index in [9.17, 15) is 4.39 Å². The second-order valence-electron chi connectivity index (χ2n) is 2.92. The molecule has 2 N–H and O–H groups in total. The van der Waals surface area contributed by atoms with Crippen molar-refractivity contribution in [1.29, 1.82) is 0 Å². The van der Waals surface area contributed by atoms with E-state index in [0.717, 1.165) is 22.1 Å². The summed E-state index contributed by atoms with van der Waals surface area (Å²) in [5.74, 6) is -0.134. The summed E-state index contributed by atoms with van der Waals surface area (Å²) in [6.07, 6.45) is 0.823. The molecule has 1 heterocycles. The predicted octanol–water partition coefficient (Wildman–Crippen LogP) is 2.54. The van der Waals surface area contributed by atoms with E-state index < -0.39 is 0 Å². The molecule has 0 aliphatic rings. The summed E-state index contributed by atoms with van der Waals surface area (Å²) >= 11 is 1.45. The number of nitrogens with two attached hydrogens (primary N) is 1. The second-order valence-corrected chi connectivity index (χ2v) is 3.80. The molecule has 1 aromatic heterocycles. The first-order valence-electron chi connectivity index (χ1n) is 4.17. The topological polar surface area (TPSA) is 26.0 Å². The van der Waals surface area contributed by atoms with Crippen molar-refractivity contribution in [3.8, 4) is 0 Å². The van der Waals surface area contributed by atoms with Gasteiger partial charge >= 0.3 is 0 Å². The van der Waals surface area contributed by atoms with Crippen molar-refractivity contribution >= 4 is 21.4 Å². The lowest BCUT2D eigenvalue weighted by Gasteiger charge is -1.95. The summed E-state index contributed by atoms with van der Waals surface area (Å²) in [4.78, 5) is 0. The first kappa shape index (κ1) is 8.66.